The Hall–Kier alpha value is -2.61. The predicted octanol–water partition coefficient (Wildman–Crippen LogP) is 8.04. The van der Waals surface area contributed by atoms with Crippen LogP contribution >= 0.6 is 22.9 Å². The van der Waals surface area contributed by atoms with Gasteiger partial charge in [0.25, 0.3) is 0 Å². The summed E-state index contributed by atoms with van der Waals surface area (Å²) in [7, 11) is 0. The molecule has 0 fully saturated rings. The Bertz CT molecular complexity index is 1220. The molecule has 0 aliphatic heterocycles. The third-order valence-corrected chi connectivity index (χ3v) is 6.31. The van der Waals surface area contributed by atoms with Crippen LogP contribution in [-0.4, -0.2) is 0 Å². The van der Waals surface area contributed by atoms with Crippen LogP contribution in [0.25, 0.3) is 42.4 Å². The highest BCUT2D eigenvalue weighted by Gasteiger charge is 2.13. The number of hydrogen-bond donors (Lipinski definition) is 0. The second-order valence-corrected chi connectivity index (χ2v) is 7.80. The predicted molar refractivity (Wildman–Crippen MR) is 115 cm³/mol. The summed E-state index contributed by atoms with van der Waals surface area (Å²) in [5.74, 6) is 0. The molecule has 0 saturated carbocycles. The first-order chi connectivity index (χ1) is 12.8. The van der Waals surface area contributed by atoms with Gasteiger partial charge in [0, 0.05) is 25.7 Å². The molecule has 0 radical (unpaired) electrons. The van der Waals surface area contributed by atoms with E-state index in [-0.39, 0.29) is 0 Å². The van der Waals surface area contributed by atoms with Crippen molar-refractivity contribution in [1.82, 2.24) is 0 Å². The van der Waals surface area contributed by atoms with E-state index in [0.717, 1.165) is 21.5 Å². The van der Waals surface area contributed by atoms with Crippen LogP contribution in [0.1, 0.15) is 0 Å². The fraction of sp³-hybridized carbons (Fsp3) is 0. The summed E-state index contributed by atoms with van der Waals surface area (Å²) in [6, 6.07) is 31.9. The molecule has 0 spiro atoms. The van der Waals surface area contributed by atoms with Crippen LogP contribution in [0.3, 0.4) is 0 Å². The van der Waals surface area contributed by atoms with Gasteiger partial charge in [-0.1, -0.05) is 90.5 Å². The van der Waals surface area contributed by atoms with E-state index in [0.29, 0.717) is 0 Å². The summed E-state index contributed by atoms with van der Waals surface area (Å²) in [4.78, 5) is 0. The Morgan fingerprint density at radius 2 is 1.19 bits per heavy atom. The number of fused-ring (bicyclic) bond motifs is 3. The Balaban J connectivity index is 1.65. The number of benzene rings is 4. The van der Waals surface area contributed by atoms with E-state index in [2.05, 4.69) is 84.9 Å². The van der Waals surface area contributed by atoms with Crippen LogP contribution in [0.15, 0.2) is 91.0 Å². The first-order valence-corrected chi connectivity index (χ1v) is 9.76. The van der Waals surface area contributed by atoms with Gasteiger partial charge in [0.05, 0.1) is 5.02 Å². The lowest BCUT2D eigenvalue weighted by Crippen LogP contribution is -1.82. The van der Waals surface area contributed by atoms with Crippen LogP contribution in [0.5, 0.6) is 0 Å². The molecule has 1 aromatic heterocycles. The number of rotatable bonds is 2. The molecule has 2 heteroatoms. The third kappa shape index (κ3) is 2.52. The van der Waals surface area contributed by atoms with Crippen LogP contribution in [0.4, 0.5) is 0 Å². The minimum atomic E-state index is 0.840. The van der Waals surface area contributed by atoms with E-state index < -0.39 is 0 Å². The molecule has 1 heterocycles. The van der Waals surface area contributed by atoms with Crippen molar-refractivity contribution in [1.29, 1.82) is 0 Å². The molecule has 5 rings (SSSR count). The van der Waals surface area contributed by atoms with Crippen molar-refractivity contribution in [3.8, 4) is 22.3 Å². The zero-order chi connectivity index (χ0) is 17.5. The molecular formula is C24H15ClS. The number of hydrogen-bond acceptors (Lipinski definition) is 1. The standard InChI is InChI=1S/C24H15ClS/c25-24-19(14-15-22-23(24)20-8-4-5-9-21(20)26-22)18-12-10-17(11-13-18)16-6-2-1-3-7-16/h1-15H. The molecule has 5 aromatic rings. The Morgan fingerprint density at radius 1 is 0.538 bits per heavy atom. The fourth-order valence-corrected chi connectivity index (χ4v) is 5.02. The van der Waals surface area contributed by atoms with Crippen molar-refractivity contribution in [2.45, 2.75) is 0 Å². The molecule has 0 aliphatic carbocycles. The van der Waals surface area contributed by atoms with Crippen molar-refractivity contribution < 1.29 is 0 Å². The minimum Gasteiger partial charge on any atom is -0.135 e. The zero-order valence-electron chi connectivity index (χ0n) is 13.9. The lowest BCUT2D eigenvalue weighted by Gasteiger charge is -2.08. The van der Waals surface area contributed by atoms with Gasteiger partial charge in [-0.2, -0.15) is 0 Å². The third-order valence-electron chi connectivity index (χ3n) is 4.78. The lowest BCUT2D eigenvalue weighted by molar-refractivity contribution is 1.60. The zero-order valence-corrected chi connectivity index (χ0v) is 15.5. The molecule has 0 saturated heterocycles. The van der Waals surface area contributed by atoms with Crippen LogP contribution < -0.4 is 0 Å². The highest BCUT2D eigenvalue weighted by molar-refractivity contribution is 7.26. The van der Waals surface area contributed by atoms with E-state index in [1.807, 2.05) is 6.07 Å². The van der Waals surface area contributed by atoms with Crippen LogP contribution in [0.2, 0.25) is 5.02 Å². The van der Waals surface area contributed by atoms with Crippen LogP contribution in [-0.2, 0) is 0 Å². The van der Waals surface area contributed by atoms with E-state index in [9.17, 15) is 0 Å². The SMILES string of the molecule is Clc1c(-c2ccc(-c3ccccc3)cc2)ccc2sc3ccccc3c12. The summed E-state index contributed by atoms with van der Waals surface area (Å²) in [5.41, 5.74) is 4.67. The normalized spacial score (nSPS) is 11.3. The molecule has 124 valence electrons. The van der Waals surface area contributed by atoms with Gasteiger partial charge in [0.2, 0.25) is 0 Å². The Kier molecular flexibility index (Phi) is 3.77. The van der Waals surface area contributed by atoms with Crippen molar-refractivity contribution in [3.05, 3.63) is 96.0 Å². The molecule has 4 aromatic carbocycles. The Morgan fingerprint density at radius 3 is 2.00 bits per heavy atom. The van der Waals surface area contributed by atoms with Gasteiger partial charge in [0.1, 0.15) is 0 Å². The molecule has 0 nitrogen and oxygen atoms in total. The maximum atomic E-state index is 6.86. The lowest BCUT2D eigenvalue weighted by atomic mass is 9.99. The average Bonchev–Trinajstić information content (AvgIpc) is 3.09. The van der Waals surface area contributed by atoms with Crippen LogP contribution in [0, 0.1) is 0 Å². The van der Waals surface area contributed by atoms with Crippen molar-refractivity contribution in [3.63, 3.8) is 0 Å². The van der Waals surface area contributed by atoms with Gasteiger partial charge in [-0.3, -0.25) is 0 Å². The molecule has 0 amide bonds. The summed E-state index contributed by atoms with van der Waals surface area (Å²) in [6.07, 6.45) is 0. The molecule has 0 unspecified atom stereocenters. The molecular weight excluding hydrogens is 356 g/mol. The van der Waals surface area contributed by atoms with Crippen molar-refractivity contribution in [2.24, 2.45) is 0 Å². The summed E-state index contributed by atoms with van der Waals surface area (Å²) in [6.45, 7) is 0. The quantitative estimate of drug-likeness (QED) is 0.295. The smallest absolute Gasteiger partial charge is 0.0577 e. The largest absolute Gasteiger partial charge is 0.135 e. The second-order valence-electron chi connectivity index (χ2n) is 6.34. The van der Waals surface area contributed by atoms with E-state index in [4.69, 9.17) is 11.6 Å². The molecule has 0 N–H and O–H groups in total. The number of thiophene rings is 1. The summed E-state index contributed by atoms with van der Waals surface area (Å²) in [5, 5.41) is 3.24. The highest BCUT2D eigenvalue weighted by Crippen LogP contribution is 2.42. The van der Waals surface area contributed by atoms with Crippen molar-refractivity contribution >= 4 is 43.1 Å². The van der Waals surface area contributed by atoms with Gasteiger partial charge in [-0.05, 0) is 28.8 Å². The second kappa shape index (κ2) is 6.28. The van der Waals surface area contributed by atoms with E-state index in [1.165, 1.54) is 25.9 Å². The maximum absolute atomic E-state index is 6.86. The molecule has 0 bridgehead atoms. The maximum Gasteiger partial charge on any atom is 0.0577 e. The molecule has 0 aliphatic rings. The number of halogens is 1. The van der Waals surface area contributed by atoms with Gasteiger partial charge in [-0.25, -0.2) is 0 Å². The summed E-state index contributed by atoms with van der Waals surface area (Å²) < 4.78 is 2.52. The average molecular weight is 371 g/mol. The first-order valence-electron chi connectivity index (χ1n) is 8.57. The molecule has 0 atom stereocenters. The van der Waals surface area contributed by atoms with E-state index in [1.54, 1.807) is 11.3 Å². The topological polar surface area (TPSA) is 0 Å². The first kappa shape index (κ1) is 15.6. The van der Waals surface area contributed by atoms with E-state index >= 15 is 0 Å². The molecule has 26 heavy (non-hydrogen) atoms. The van der Waals surface area contributed by atoms with Crippen molar-refractivity contribution in [2.75, 3.05) is 0 Å². The van der Waals surface area contributed by atoms with Gasteiger partial charge >= 0.3 is 0 Å². The Labute approximate surface area is 161 Å². The summed E-state index contributed by atoms with van der Waals surface area (Å²) >= 11 is 8.65. The monoisotopic (exact) mass is 370 g/mol. The van der Waals surface area contributed by atoms with Gasteiger partial charge in [0.15, 0.2) is 0 Å². The van der Waals surface area contributed by atoms with Gasteiger partial charge < -0.3 is 0 Å². The minimum absolute atomic E-state index is 0.840. The fourth-order valence-electron chi connectivity index (χ4n) is 3.47. The highest BCUT2D eigenvalue weighted by atomic mass is 35.5. The van der Waals surface area contributed by atoms with Gasteiger partial charge in [-0.15, -0.1) is 11.3 Å².